The number of piperidine rings is 1. The summed E-state index contributed by atoms with van der Waals surface area (Å²) in [5.41, 5.74) is 2.65. The Hall–Kier alpha value is -1.72. The monoisotopic (exact) mass is 342 g/mol. The minimum absolute atomic E-state index is 0.157. The van der Waals surface area contributed by atoms with Crippen LogP contribution in [-0.2, 0) is 0 Å². The number of benzene rings is 1. The molecule has 2 N–H and O–H groups in total. The van der Waals surface area contributed by atoms with Gasteiger partial charge in [0, 0.05) is 42.7 Å². The van der Waals surface area contributed by atoms with E-state index in [4.69, 9.17) is 4.98 Å². The number of aromatic nitrogens is 2. The van der Waals surface area contributed by atoms with Crippen LogP contribution in [0, 0.1) is 18.7 Å². The van der Waals surface area contributed by atoms with Crippen LogP contribution in [0.2, 0.25) is 0 Å². The second-order valence-corrected chi connectivity index (χ2v) is 7.54. The van der Waals surface area contributed by atoms with Crippen molar-refractivity contribution < 1.29 is 4.39 Å². The van der Waals surface area contributed by atoms with Gasteiger partial charge < -0.3 is 15.2 Å². The molecule has 0 spiro atoms. The maximum Gasteiger partial charge on any atom is 0.126 e. The Morgan fingerprint density at radius 1 is 1.20 bits per heavy atom. The Balaban J connectivity index is 1.72. The van der Waals surface area contributed by atoms with Crippen molar-refractivity contribution in [2.24, 2.45) is 5.92 Å². The molecule has 2 aliphatic heterocycles. The van der Waals surface area contributed by atoms with E-state index >= 15 is 0 Å². The van der Waals surface area contributed by atoms with E-state index in [0.717, 1.165) is 50.3 Å². The smallest absolute Gasteiger partial charge is 0.126 e. The van der Waals surface area contributed by atoms with Crippen molar-refractivity contribution in [3.05, 3.63) is 41.6 Å². The second kappa shape index (κ2) is 6.89. The van der Waals surface area contributed by atoms with Crippen LogP contribution in [0.25, 0.3) is 11.3 Å². The summed E-state index contributed by atoms with van der Waals surface area (Å²) in [6.45, 7) is 8.39. The number of hydrogen-bond donors (Lipinski definition) is 2. The van der Waals surface area contributed by atoms with E-state index in [0.29, 0.717) is 23.4 Å². The number of halogens is 1. The highest BCUT2D eigenvalue weighted by atomic mass is 19.1. The molecule has 2 saturated heterocycles. The van der Waals surface area contributed by atoms with Gasteiger partial charge in [-0.25, -0.2) is 9.37 Å². The summed E-state index contributed by atoms with van der Waals surface area (Å²) in [5.74, 6) is 2.22. The van der Waals surface area contributed by atoms with Gasteiger partial charge in [-0.15, -0.1) is 0 Å². The molecule has 2 aliphatic rings. The molecule has 2 aromatic rings. The first-order valence-corrected chi connectivity index (χ1v) is 9.40. The van der Waals surface area contributed by atoms with Crippen LogP contribution in [0.3, 0.4) is 0 Å². The van der Waals surface area contributed by atoms with E-state index in [1.165, 1.54) is 5.82 Å². The molecule has 0 radical (unpaired) electrons. The predicted molar refractivity (Wildman–Crippen MR) is 98.3 cm³/mol. The van der Waals surface area contributed by atoms with Gasteiger partial charge in [-0.1, -0.05) is 0 Å². The van der Waals surface area contributed by atoms with Gasteiger partial charge >= 0.3 is 0 Å². The summed E-state index contributed by atoms with van der Waals surface area (Å²) < 4.78 is 16.0. The number of aryl methyl sites for hydroxylation is 1. The molecule has 2 fully saturated rings. The average molecular weight is 342 g/mol. The molecule has 1 atom stereocenters. The lowest BCUT2D eigenvalue weighted by molar-refractivity contribution is 0.242. The highest BCUT2D eigenvalue weighted by molar-refractivity contribution is 5.60. The second-order valence-electron chi connectivity index (χ2n) is 7.54. The molecule has 1 aromatic heterocycles. The molecule has 4 rings (SSSR count). The van der Waals surface area contributed by atoms with Gasteiger partial charge in [0.25, 0.3) is 0 Å². The Morgan fingerprint density at radius 3 is 2.60 bits per heavy atom. The zero-order valence-electron chi connectivity index (χ0n) is 15.1. The number of rotatable bonds is 4. The van der Waals surface area contributed by atoms with Crippen molar-refractivity contribution in [1.82, 2.24) is 20.2 Å². The third-order valence-corrected chi connectivity index (χ3v) is 5.85. The number of imidazole rings is 1. The van der Waals surface area contributed by atoms with Gasteiger partial charge in [-0.05, 0) is 63.5 Å². The molecule has 5 heteroatoms. The summed E-state index contributed by atoms with van der Waals surface area (Å²) in [6, 6.07) is 5.74. The average Bonchev–Trinajstić information content (AvgIpc) is 3.02. The van der Waals surface area contributed by atoms with Gasteiger partial charge in [-0.3, -0.25) is 0 Å². The molecule has 1 aromatic carbocycles. The molecule has 0 aliphatic carbocycles. The maximum absolute atomic E-state index is 13.6. The largest absolute Gasteiger partial charge is 0.331 e. The van der Waals surface area contributed by atoms with Crippen LogP contribution in [-0.4, -0.2) is 35.7 Å². The van der Waals surface area contributed by atoms with Crippen molar-refractivity contribution in [1.29, 1.82) is 0 Å². The molecule has 0 amide bonds. The molecule has 0 saturated carbocycles. The third-order valence-electron chi connectivity index (χ3n) is 5.85. The number of nitrogens with one attached hydrogen (secondary N) is 2. The van der Waals surface area contributed by atoms with Gasteiger partial charge in [0.05, 0.1) is 5.69 Å². The van der Waals surface area contributed by atoms with Gasteiger partial charge in [-0.2, -0.15) is 0 Å². The summed E-state index contributed by atoms with van der Waals surface area (Å²) in [5, 5.41) is 6.82. The Morgan fingerprint density at radius 2 is 1.96 bits per heavy atom. The molecule has 1 unspecified atom stereocenters. The fourth-order valence-electron chi connectivity index (χ4n) is 3.94. The van der Waals surface area contributed by atoms with Crippen LogP contribution in [0.1, 0.15) is 43.1 Å². The zero-order valence-corrected chi connectivity index (χ0v) is 15.1. The van der Waals surface area contributed by atoms with Crippen molar-refractivity contribution >= 4 is 0 Å². The maximum atomic E-state index is 13.6. The molecular weight excluding hydrogens is 315 g/mol. The first-order valence-electron chi connectivity index (χ1n) is 9.40. The zero-order chi connectivity index (χ0) is 17.4. The van der Waals surface area contributed by atoms with Crippen molar-refractivity contribution in [2.45, 2.75) is 38.6 Å². The lowest BCUT2D eigenvalue weighted by Crippen LogP contribution is -2.46. The quantitative estimate of drug-likeness (QED) is 0.896. The Bertz CT molecular complexity index is 725. The van der Waals surface area contributed by atoms with E-state index in [1.54, 1.807) is 6.07 Å². The number of nitrogens with zero attached hydrogens (tertiary/aromatic N) is 2. The van der Waals surface area contributed by atoms with Crippen molar-refractivity contribution in [3.63, 3.8) is 0 Å². The summed E-state index contributed by atoms with van der Waals surface area (Å²) in [6.07, 6.45) is 4.45. The lowest BCUT2D eigenvalue weighted by atomic mass is 9.93. The highest BCUT2D eigenvalue weighted by Crippen LogP contribution is 2.33. The standard InChI is InChI=1S/C20H27FN4/c1-13-9-16(3-4-18(13)21)19-12-25(14(2)17-10-23-11-17)20(24-19)15-5-7-22-8-6-15/h3-4,9,12,14-15,17,22-23H,5-8,10-11H2,1-2H3. The van der Waals surface area contributed by atoms with Gasteiger partial charge in [0.2, 0.25) is 0 Å². The van der Waals surface area contributed by atoms with Crippen LogP contribution in [0.5, 0.6) is 0 Å². The van der Waals surface area contributed by atoms with Crippen LogP contribution >= 0.6 is 0 Å². The normalized spacial score (nSPS) is 20.4. The Labute approximate surface area is 148 Å². The van der Waals surface area contributed by atoms with Crippen LogP contribution in [0.15, 0.2) is 24.4 Å². The first kappa shape index (κ1) is 16.7. The van der Waals surface area contributed by atoms with Gasteiger partial charge in [0.1, 0.15) is 11.6 Å². The van der Waals surface area contributed by atoms with E-state index in [2.05, 4.69) is 28.3 Å². The summed E-state index contributed by atoms with van der Waals surface area (Å²) in [7, 11) is 0. The molecule has 134 valence electrons. The van der Waals surface area contributed by atoms with Crippen LogP contribution < -0.4 is 10.6 Å². The molecule has 0 bridgehead atoms. The molecule has 4 nitrogen and oxygen atoms in total. The van der Waals surface area contributed by atoms with Crippen molar-refractivity contribution in [3.8, 4) is 11.3 Å². The summed E-state index contributed by atoms with van der Waals surface area (Å²) in [4.78, 5) is 5.03. The molecular formula is C20H27FN4. The van der Waals surface area contributed by atoms with E-state index in [-0.39, 0.29) is 5.82 Å². The van der Waals surface area contributed by atoms with E-state index in [1.807, 2.05) is 19.1 Å². The number of hydrogen-bond acceptors (Lipinski definition) is 3. The highest BCUT2D eigenvalue weighted by Gasteiger charge is 2.29. The fourth-order valence-corrected chi connectivity index (χ4v) is 3.94. The lowest BCUT2D eigenvalue weighted by Gasteiger charge is -2.35. The minimum atomic E-state index is -0.157. The van der Waals surface area contributed by atoms with E-state index < -0.39 is 0 Å². The molecule has 25 heavy (non-hydrogen) atoms. The predicted octanol–water partition coefficient (Wildman–Crippen LogP) is 3.25. The first-order chi connectivity index (χ1) is 12.1. The van der Waals surface area contributed by atoms with Crippen LogP contribution in [0.4, 0.5) is 4.39 Å². The van der Waals surface area contributed by atoms with Gasteiger partial charge in [0.15, 0.2) is 0 Å². The molecule has 3 heterocycles. The van der Waals surface area contributed by atoms with Crippen molar-refractivity contribution in [2.75, 3.05) is 26.2 Å². The fraction of sp³-hybridized carbons (Fsp3) is 0.550. The topological polar surface area (TPSA) is 41.9 Å². The van der Waals surface area contributed by atoms with E-state index in [9.17, 15) is 4.39 Å². The minimum Gasteiger partial charge on any atom is -0.331 e. The summed E-state index contributed by atoms with van der Waals surface area (Å²) >= 11 is 0. The third kappa shape index (κ3) is 3.23. The SMILES string of the molecule is Cc1cc(-c2cn(C(C)C3CNC3)c(C3CCNCC3)n2)ccc1F. The Kier molecular flexibility index (Phi) is 4.61.